The molecule has 1 N–H and O–H groups in total. The van der Waals surface area contributed by atoms with E-state index in [1.54, 1.807) is 11.7 Å². The SMILES string of the molecule is CCc1nn(C)c(CS(=O)C(C)(C)C(=O)O)c1Cl. The van der Waals surface area contributed by atoms with E-state index in [4.69, 9.17) is 16.7 Å². The van der Waals surface area contributed by atoms with Crippen molar-refractivity contribution in [2.75, 3.05) is 0 Å². The fourth-order valence-electron chi connectivity index (χ4n) is 1.38. The second-order valence-electron chi connectivity index (χ2n) is 4.49. The zero-order valence-corrected chi connectivity index (χ0v) is 12.4. The van der Waals surface area contributed by atoms with Gasteiger partial charge < -0.3 is 5.11 Å². The fourth-order valence-corrected chi connectivity index (χ4v) is 2.95. The molecule has 0 aromatic carbocycles. The number of hydrogen-bond donors (Lipinski definition) is 1. The number of carbonyl (C=O) groups is 1. The smallest absolute Gasteiger partial charge is 0.321 e. The maximum absolute atomic E-state index is 12.1. The lowest BCUT2D eigenvalue weighted by Gasteiger charge is -2.18. The summed E-state index contributed by atoms with van der Waals surface area (Å²) in [7, 11) is 0.148. The molecule has 1 aromatic heterocycles. The zero-order valence-electron chi connectivity index (χ0n) is 10.9. The van der Waals surface area contributed by atoms with Crippen LogP contribution < -0.4 is 0 Å². The molecule has 0 amide bonds. The minimum atomic E-state index is -1.57. The van der Waals surface area contributed by atoms with Crippen LogP contribution in [0, 0.1) is 0 Å². The first-order valence-electron chi connectivity index (χ1n) is 5.53. The average Bonchev–Trinajstić information content (AvgIpc) is 2.55. The van der Waals surface area contributed by atoms with E-state index in [1.807, 2.05) is 6.92 Å². The molecule has 1 rings (SSSR count). The molecule has 0 bridgehead atoms. The molecular weight excluding hydrogens is 276 g/mol. The Bertz CT molecular complexity index is 497. The van der Waals surface area contributed by atoms with Crippen molar-refractivity contribution in [2.45, 2.75) is 37.7 Å². The van der Waals surface area contributed by atoms with Gasteiger partial charge in [0, 0.05) is 17.8 Å². The summed E-state index contributed by atoms with van der Waals surface area (Å²) in [6.45, 7) is 4.81. The van der Waals surface area contributed by atoms with Crippen LogP contribution >= 0.6 is 11.6 Å². The lowest BCUT2D eigenvalue weighted by Crippen LogP contribution is -2.37. The summed E-state index contributed by atoms with van der Waals surface area (Å²) >= 11 is 6.14. The number of rotatable bonds is 5. The first-order chi connectivity index (χ1) is 8.21. The topological polar surface area (TPSA) is 72.2 Å². The van der Waals surface area contributed by atoms with E-state index in [0.717, 1.165) is 5.69 Å². The molecule has 1 heterocycles. The second kappa shape index (κ2) is 5.40. The summed E-state index contributed by atoms with van der Waals surface area (Å²) in [4.78, 5) is 11.0. The van der Waals surface area contributed by atoms with Gasteiger partial charge in [0.25, 0.3) is 0 Å². The lowest BCUT2D eigenvalue weighted by atomic mass is 10.2. The number of aliphatic carboxylic acids is 1. The van der Waals surface area contributed by atoms with Gasteiger partial charge in [0.1, 0.15) is 4.75 Å². The highest BCUT2D eigenvalue weighted by molar-refractivity contribution is 7.86. The molecule has 18 heavy (non-hydrogen) atoms. The summed E-state index contributed by atoms with van der Waals surface area (Å²) < 4.78 is 12.4. The molecule has 0 saturated carbocycles. The van der Waals surface area contributed by atoms with Gasteiger partial charge in [-0.15, -0.1) is 0 Å². The van der Waals surface area contributed by atoms with Crippen molar-refractivity contribution >= 4 is 28.4 Å². The quantitative estimate of drug-likeness (QED) is 0.897. The maximum atomic E-state index is 12.1. The van der Waals surface area contributed by atoms with Gasteiger partial charge >= 0.3 is 5.97 Å². The minimum Gasteiger partial charge on any atom is -0.480 e. The van der Waals surface area contributed by atoms with Gasteiger partial charge in [-0.05, 0) is 20.3 Å². The van der Waals surface area contributed by atoms with Crippen LogP contribution in [0.15, 0.2) is 0 Å². The third kappa shape index (κ3) is 2.75. The summed E-state index contributed by atoms with van der Waals surface area (Å²) in [6, 6.07) is 0. The number of aryl methyl sites for hydroxylation is 2. The molecule has 0 saturated heterocycles. The molecule has 1 unspecified atom stereocenters. The highest BCUT2D eigenvalue weighted by atomic mass is 35.5. The van der Waals surface area contributed by atoms with E-state index in [1.165, 1.54) is 13.8 Å². The van der Waals surface area contributed by atoms with Crippen LogP contribution in [-0.2, 0) is 34.8 Å². The highest BCUT2D eigenvalue weighted by Crippen LogP contribution is 2.25. The summed E-state index contributed by atoms with van der Waals surface area (Å²) in [5.41, 5.74) is 1.35. The van der Waals surface area contributed by atoms with Crippen molar-refractivity contribution in [3.8, 4) is 0 Å². The number of halogens is 1. The van der Waals surface area contributed by atoms with Crippen molar-refractivity contribution in [1.29, 1.82) is 0 Å². The van der Waals surface area contributed by atoms with Crippen LogP contribution in [0.1, 0.15) is 32.2 Å². The monoisotopic (exact) mass is 292 g/mol. The molecule has 5 nitrogen and oxygen atoms in total. The van der Waals surface area contributed by atoms with E-state index in [0.29, 0.717) is 17.1 Å². The summed E-state index contributed by atoms with van der Waals surface area (Å²) in [5.74, 6) is -1.00. The van der Waals surface area contributed by atoms with Crippen molar-refractivity contribution in [2.24, 2.45) is 7.05 Å². The summed E-state index contributed by atoms with van der Waals surface area (Å²) in [5, 5.41) is 13.7. The van der Waals surface area contributed by atoms with Crippen LogP contribution in [0.3, 0.4) is 0 Å². The van der Waals surface area contributed by atoms with E-state index >= 15 is 0 Å². The predicted molar refractivity (Wildman–Crippen MR) is 71.2 cm³/mol. The van der Waals surface area contributed by atoms with Crippen molar-refractivity contribution in [1.82, 2.24) is 9.78 Å². The molecule has 0 fully saturated rings. The van der Waals surface area contributed by atoms with Crippen LogP contribution in [0.2, 0.25) is 5.02 Å². The number of carboxylic acids is 1. The number of nitrogens with zero attached hydrogens (tertiary/aromatic N) is 2. The maximum Gasteiger partial charge on any atom is 0.321 e. The van der Waals surface area contributed by atoms with E-state index in [-0.39, 0.29) is 5.75 Å². The standard InChI is InChI=1S/C11H17ClN2O3S/c1-5-7-9(12)8(14(4)13-7)6-18(17)11(2,3)10(15)16/h5-6H2,1-4H3,(H,15,16). The normalized spacial score (nSPS) is 13.6. The molecule has 0 spiro atoms. The Kier molecular flexibility index (Phi) is 4.55. The molecule has 0 aliphatic heterocycles. The Morgan fingerprint density at radius 1 is 1.56 bits per heavy atom. The molecule has 1 aromatic rings. The molecular formula is C11H17ClN2O3S. The van der Waals surface area contributed by atoms with Crippen molar-refractivity contribution < 1.29 is 14.1 Å². The minimum absolute atomic E-state index is 0.0850. The largest absolute Gasteiger partial charge is 0.480 e. The first-order valence-corrected chi connectivity index (χ1v) is 7.23. The lowest BCUT2D eigenvalue weighted by molar-refractivity contribution is -0.139. The van der Waals surface area contributed by atoms with Gasteiger partial charge in [0.05, 0.1) is 22.2 Å². The third-order valence-corrected chi connectivity index (χ3v) is 5.14. The molecule has 7 heteroatoms. The van der Waals surface area contributed by atoms with Gasteiger partial charge in [-0.2, -0.15) is 5.10 Å². The Labute approximate surface area is 114 Å². The zero-order chi connectivity index (χ0) is 14.1. The van der Waals surface area contributed by atoms with Crippen molar-refractivity contribution in [3.63, 3.8) is 0 Å². The number of hydrogen-bond acceptors (Lipinski definition) is 3. The van der Waals surface area contributed by atoms with Crippen LogP contribution in [0.4, 0.5) is 0 Å². The Morgan fingerprint density at radius 3 is 2.50 bits per heavy atom. The Morgan fingerprint density at radius 2 is 2.11 bits per heavy atom. The van der Waals surface area contributed by atoms with Gasteiger partial charge in [-0.1, -0.05) is 18.5 Å². The second-order valence-corrected chi connectivity index (χ2v) is 6.87. The van der Waals surface area contributed by atoms with Gasteiger partial charge in [-0.3, -0.25) is 13.7 Å². The average molecular weight is 293 g/mol. The fraction of sp³-hybridized carbons (Fsp3) is 0.636. The Hall–Kier alpha value is -0.880. The van der Waals surface area contributed by atoms with E-state index in [9.17, 15) is 9.00 Å². The van der Waals surface area contributed by atoms with E-state index < -0.39 is 21.5 Å². The van der Waals surface area contributed by atoms with Crippen LogP contribution in [0.5, 0.6) is 0 Å². The first kappa shape index (κ1) is 15.2. The molecule has 0 aliphatic carbocycles. The van der Waals surface area contributed by atoms with Crippen molar-refractivity contribution in [3.05, 3.63) is 16.4 Å². The van der Waals surface area contributed by atoms with E-state index in [2.05, 4.69) is 5.10 Å². The third-order valence-electron chi connectivity index (χ3n) is 2.85. The van der Waals surface area contributed by atoms with Crippen LogP contribution in [0.25, 0.3) is 0 Å². The molecule has 0 aliphatic rings. The number of carboxylic acid groups (broad SMARTS) is 1. The van der Waals surface area contributed by atoms with Crippen LogP contribution in [-0.4, -0.2) is 29.8 Å². The Balaban J connectivity index is 3.03. The summed E-state index contributed by atoms with van der Waals surface area (Å²) in [6.07, 6.45) is 0.682. The predicted octanol–water partition coefficient (Wildman–Crippen LogP) is 1.75. The highest BCUT2D eigenvalue weighted by Gasteiger charge is 2.35. The van der Waals surface area contributed by atoms with Gasteiger partial charge in [0.2, 0.25) is 0 Å². The number of aromatic nitrogens is 2. The van der Waals surface area contributed by atoms with Gasteiger partial charge in [0.15, 0.2) is 0 Å². The van der Waals surface area contributed by atoms with Gasteiger partial charge in [-0.25, -0.2) is 0 Å². The molecule has 0 radical (unpaired) electrons. The molecule has 102 valence electrons. The molecule has 1 atom stereocenters.